The Bertz CT molecular complexity index is 463. The highest BCUT2D eigenvalue weighted by atomic mass is 16.2. The maximum Gasteiger partial charge on any atom is 0.234 e. The van der Waals surface area contributed by atoms with Gasteiger partial charge in [-0.05, 0) is 38.3 Å². The van der Waals surface area contributed by atoms with E-state index in [0.29, 0.717) is 12.5 Å². The van der Waals surface area contributed by atoms with Crippen LogP contribution in [0.25, 0.3) is 0 Å². The van der Waals surface area contributed by atoms with E-state index in [1.165, 1.54) is 25.7 Å². The summed E-state index contributed by atoms with van der Waals surface area (Å²) in [4.78, 5) is 19.0. The summed E-state index contributed by atoms with van der Waals surface area (Å²) in [6.07, 6.45) is 7.39. The number of rotatable bonds is 6. The van der Waals surface area contributed by atoms with E-state index in [0.717, 1.165) is 25.3 Å². The fraction of sp³-hybridized carbons (Fsp3) is 0.812. The fourth-order valence-corrected chi connectivity index (χ4v) is 3.06. The Morgan fingerprint density at radius 3 is 2.50 bits per heavy atom. The molecule has 6 heteroatoms. The number of aromatic nitrogens is 3. The van der Waals surface area contributed by atoms with Gasteiger partial charge < -0.3 is 5.32 Å². The van der Waals surface area contributed by atoms with Gasteiger partial charge in [-0.2, -0.15) is 5.10 Å². The SMILES string of the molecule is CC(C)C[C@@H](NC(=O)CN1CCCCCC1)c1ncnn1C. The van der Waals surface area contributed by atoms with Crippen molar-refractivity contribution in [3.05, 3.63) is 12.2 Å². The standard InChI is InChI=1S/C16H29N5O/c1-13(2)10-14(16-17-12-18-20(16)3)19-15(22)11-21-8-6-4-5-7-9-21/h12-14H,4-11H2,1-3H3,(H,19,22)/t14-/m1/s1. The number of nitrogens with one attached hydrogen (secondary N) is 1. The number of hydrogen-bond acceptors (Lipinski definition) is 4. The summed E-state index contributed by atoms with van der Waals surface area (Å²) in [5.74, 6) is 1.41. The number of hydrogen-bond donors (Lipinski definition) is 1. The molecule has 22 heavy (non-hydrogen) atoms. The second-order valence-electron chi connectivity index (χ2n) is 6.68. The van der Waals surface area contributed by atoms with Crippen molar-refractivity contribution in [2.75, 3.05) is 19.6 Å². The van der Waals surface area contributed by atoms with Gasteiger partial charge in [0.15, 0.2) is 0 Å². The van der Waals surface area contributed by atoms with Crippen molar-refractivity contribution >= 4 is 5.91 Å². The molecule has 1 aliphatic heterocycles. The van der Waals surface area contributed by atoms with Crippen LogP contribution in [-0.2, 0) is 11.8 Å². The summed E-state index contributed by atoms with van der Waals surface area (Å²) in [6, 6.07) is -0.0630. The zero-order valence-electron chi connectivity index (χ0n) is 14.1. The molecule has 0 aromatic carbocycles. The summed E-state index contributed by atoms with van der Waals surface area (Å²) in [6.45, 7) is 6.87. The summed E-state index contributed by atoms with van der Waals surface area (Å²) < 4.78 is 1.75. The molecule has 1 saturated heterocycles. The average molecular weight is 307 g/mol. The third-order valence-corrected chi connectivity index (χ3v) is 4.17. The maximum atomic E-state index is 12.4. The molecule has 1 fully saturated rings. The molecule has 0 aliphatic carbocycles. The van der Waals surface area contributed by atoms with Crippen LogP contribution in [0.15, 0.2) is 6.33 Å². The van der Waals surface area contributed by atoms with E-state index in [-0.39, 0.29) is 11.9 Å². The van der Waals surface area contributed by atoms with Crippen LogP contribution >= 0.6 is 0 Å². The Morgan fingerprint density at radius 2 is 1.95 bits per heavy atom. The van der Waals surface area contributed by atoms with E-state index < -0.39 is 0 Å². The highest BCUT2D eigenvalue weighted by Gasteiger charge is 2.21. The van der Waals surface area contributed by atoms with E-state index in [1.807, 2.05) is 7.05 Å². The topological polar surface area (TPSA) is 63.1 Å². The van der Waals surface area contributed by atoms with Crippen molar-refractivity contribution in [3.63, 3.8) is 0 Å². The summed E-state index contributed by atoms with van der Waals surface area (Å²) in [5, 5.41) is 7.28. The van der Waals surface area contributed by atoms with Crippen LogP contribution in [0.4, 0.5) is 0 Å². The summed E-state index contributed by atoms with van der Waals surface area (Å²) >= 11 is 0. The highest BCUT2D eigenvalue weighted by Crippen LogP contribution is 2.19. The molecule has 6 nitrogen and oxygen atoms in total. The fourth-order valence-electron chi connectivity index (χ4n) is 3.06. The minimum atomic E-state index is -0.0630. The van der Waals surface area contributed by atoms with E-state index >= 15 is 0 Å². The first kappa shape index (κ1) is 16.9. The van der Waals surface area contributed by atoms with Gasteiger partial charge in [-0.1, -0.05) is 26.7 Å². The molecule has 2 heterocycles. The highest BCUT2D eigenvalue weighted by molar-refractivity contribution is 5.78. The van der Waals surface area contributed by atoms with Crippen molar-refractivity contribution in [2.45, 2.75) is 52.0 Å². The van der Waals surface area contributed by atoms with Gasteiger partial charge in [-0.3, -0.25) is 14.4 Å². The Kier molecular flexibility index (Phi) is 6.36. The smallest absolute Gasteiger partial charge is 0.234 e. The third-order valence-electron chi connectivity index (χ3n) is 4.17. The minimum Gasteiger partial charge on any atom is -0.345 e. The zero-order chi connectivity index (χ0) is 15.9. The number of likely N-dealkylation sites (tertiary alicyclic amines) is 1. The Morgan fingerprint density at radius 1 is 1.27 bits per heavy atom. The average Bonchev–Trinajstić information content (AvgIpc) is 2.70. The van der Waals surface area contributed by atoms with E-state index in [2.05, 4.69) is 34.1 Å². The summed E-state index contributed by atoms with van der Waals surface area (Å²) in [7, 11) is 1.87. The predicted molar refractivity (Wildman–Crippen MR) is 86.2 cm³/mol. The summed E-state index contributed by atoms with van der Waals surface area (Å²) in [5.41, 5.74) is 0. The molecule has 0 unspecified atom stereocenters. The molecule has 1 atom stereocenters. The Labute approximate surface area is 133 Å². The molecule has 124 valence electrons. The van der Waals surface area contributed by atoms with Gasteiger partial charge in [-0.25, -0.2) is 4.98 Å². The van der Waals surface area contributed by atoms with Crippen molar-refractivity contribution in [3.8, 4) is 0 Å². The number of carbonyl (C=O) groups is 1. The first-order valence-corrected chi connectivity index (χ1v) is 8.42. The molecule has 1 aromatic heterocycles. The van der Waals surface area contributed by atoms with Crippen LogP contribution in [0.2, 0.25) is 0 Å². The first-order valence-electron chi connectivity index (χ1n) is 8.42. The van der Waals surface area contributed by atoms with Crippen molar-refractivity contribution in [1.29, 1.82) is 0 Å². The van der Waals surface area contributed by atoms with E-state index in [1.54, 1.807) is 11.0 Å². The van der Waals surface area contributed by atoms with E-state index in [4.69, 9.17) is 0 Å². The van der Waals surface area contributed by atoms with Gasteiger partial charge in [0, 0.05) is 7.05 Å². The number of amides is 1. The van der Waals surface area contributed by atoms with Gasteiger partial charge in [-0.15, -0.1) is 0 Å². The third kappa shape index (κ3) is 5.09. The van der Waals surface area contributed by atoms with Crippen LogP contribution < -0.4 is 5.32 Å². The Hall–Kier alpha value is -1.43. The molecule has 0 saturated carbocycles. The van der Waals surface area contributed by atoms with E-state index in [9.17, 15) is 4.79 Å². The minimum absolute atomic E-state index is 0.0630. The lowest BCUT2D eigenvalue weighted by Gasteiger charge is -2.23. The van der Waals surface area contributed by atoms with Crippen LogP contribution in [0.1, 0.15) is 57.8 Å². The molecule has 0 radical (unpaired) electrons. The maximum absolute atomic E-state index is 12.4. The Balaban J connectivity index is 1.94. The lowest BCUT2D eigenvalue weighted by Crippen LogP contribution is -2.40. The lowest BCUT2D eigenvalue weighted by atomic mass is 10.0. The second-order valence-corrected chi connectivity index (χ2v) is 6.68. The molecule has 0 bridgehead atoms. The quantitative estimate of drug-likeness (QED) is 0.872. The molecule has 2 rings (SSSR count). The zero-order valence-corrected chi connectivity index (χ0v) is 14.1. The van der Waals surface area contributed by atoms with Gasteiger partial charge in [0.1, 0.15) is 12.2 Å². The molecule has 1 amide bonds. The van der Waals surface area contributed by atoms with Gasteiger partial charge in [0.05, 0.1) is 12.6 Å². The molecular formula is C16H29N5O. The number of carbonyl (C=O) groups excluding carboxylic acids is 1. The molecule has 0 spiro atoms. The largest absolute Gasteiger partial charge is 0.345 e. The number of nitrogens with zero attached hydrogens (tertiary/aromatic N) is 4. The van der Waals surface area contributed by atoms with Crippen LogP contribution in [0.3, 0.4) is 0 Å². The van der Waals surface area contributed by atoms with Crippen molar-refractivity contribution in [2.24, 2.45) is 13.0 Å². The predicted octanol–water partition coefficient (Wildman–Crippen LogP) is 1.89. The van der Waals surface area contributed by atoms with Crippen LogP contribution in [-0.4, -0.2) is 45.2 Å². The monoisotopic (exact) mass is 307 g/mol. The molecule has 1 aliphatic rings. The van der Waals surface area contributed by atoms with Crippen molar-refractivity contribution < 1.29 is 4.79 Å². The van der Waals surface area contributed by atoms with Gasteiger partial charge >= 0.3 is 0 Å². The molecule has 1 aromatic rings. The van der Waals surface area contributed by atoms with Crippen LogP contribution in [0.5, 0.6) is 0 Å². The van der Waals surface area contributed by atoms with Crippen LogP contribution in [0, 0.1) is 5.92 Å². The number of aryl methyl sites for hydroxylation is 1. The normalized spacial score (nSPS) is 18.2. The van der Waals surface area contributed by atoms with Crippen molar-refractivity contribution in [1.82, 2.24) is 25.0 Å². The first-order chi connectivity index (χ1) is 10.6. The molecular weight excluding hydrogens is 278 g/mol. The molecule has 1 N–H and O–H groups in total. The van der Waals surface area contributed by atoms with Gasteiger partial charge in [0.2, 0.25) is 5.91 Å². The lowest BCUT2D eigenvalue weighted by molar-refractivity contribution is -0.123. The second kappa shape index (κ2) is 8.27. The van der Waals surface area contributed by atoms with Gasteiger partial charge in [0.25, 0.3) is 0 Å².